The van der Waals surface area contributed by atoms with E-state index in [0.717, 1.165) is 57.2 Å². The van der Waals surface area contributed by atoms with E-state index in [1.54, 1.807) is 0 Å². The second-order valence-electron chi connectivity index (χ2n) is 7.95. The first-order valence-corrected chi connectivity index (χ1v) is 10.3. The average molecular weight is 507 g/mol. The van der Waals surface area contributed by atoms with Crippen LogP contribution in [0, 0.1) is 0 Å². The predicted octanol–water partition coefficient (Wildman–Crippen LogP) is 3.63. The smallest absolute Gasteiger partial charge is 0.191 e. The van der Waals surface area contributed by atoms with Gasteiger partial charge in [-0.3, -0.25) is 14.9 Å². The van der Waals surface area contributed by atoms with Crippen molar-refractivity contribution in [1.29, 1.82) is 0 Å². The van der Waals surface area contributed by atoms with E-state index in [2.05, 4.69) is 71.6 Å². The third-order valence-electron chi connectivity index (χ3n) is 5.35. The third-order valence-corrected chi connectivity index (χ3v) is 5.35. The first kappa shape index (κ1) is 23.6. The molecule has 0 aliphatic carbocycles. The van der Waals surface area contributed by atoms with Crippen molar-refractivity contribution in [3.05, 3.63) is 65.5 Å². The van der Waals surface area contributed by atoms with E-state index in [1.165, 1.54) is 11.1 Å². The number of fused-ring (bicyclic) bond motifs is 1. The minimum Gasteiger partial charge on any atom is -0.357 e. The summed E-state index contributed by atoms with van der Waals surface area (Å²) in [6, 6.07) is 14.8. The highest BCUT2D eigenvalue weighted by atomic mass is 127. The van der Waals surface area contributed by atoms with Gasteiger partial charge in [0.2, 0.25) is 0 Å². The van der Waals surface area contributed by atoms with Gasteiger partial charge in [-0.1, -0.05) is 30.3 Å². The van der Waals surface area contributed by atoms with Crippen molar-refractivity contribution in [3.63, 3.8) is 0 Å². The summed E-state index contributed by atoms with van der Waals surface area (Å²) in [6.07, 6.45) is 3.84. The Hall–Kier alpha value is -1.67. The number of halogens is 1. The Kier molecular flexibility index (Phi) is 9.36. The van der Waals surface area contributed by atoms with Crippen molar-refractivity contribution in [2.75, 3.05) is 26.2 Å². The summed E-state index contributed by atoms with van der Waals surface area (Å²) in [7, 11) is 0. The minimum atomic E-state index is 0. The summed E-state index contributed by atoms with van der Waals surface area (Å²) in [5, 5.41) is 6.80. The minimum absolute atomic E-state index is 0. The molecule has 6 heteroatoms. The van der Waals surface area contributed by atoms with Gasteiger partial charge >= 0.3 is 0 Å². The number of hydrogen-bond acceptors (Lipinski definition) is 3. The van der Waals surface area contributed by atoms with Crippen LogP contribution in [0.3, 0.4) is 0 Å². The summed E-state index contributed by atoms with van der Waals surface area (Å²) >= 11 is 0. The van der Waals surface area contributed by atoms with E-state index >= 15 is 0 Å². The summed E-state index contributed by atoms with van der Waals surface area (Å²) in [4.78, 5) is 11.8. The molecule has 0 fully saturated rings. The molecule has 0 spiro atoms. The average Bonchev–Trinajstić information content (AvgIpc) is 2.72. The molecule has 5 nitrogen and oxygen atoms in total. The number of pyridine rings is 1. The van der Waals surface area contributed by atoms with Gasteiger partial charge in [-0.25, -0.2) is 0 Å². The van der Waals surface area contributed by atoms with Gasteiger partial charge in [0, 0.05) is 50.0 Å². The molecule has 0 saturated heterocycles. The van der Waals surface area contributed by atoms with E-state index in [-0.39, 0.29) is 29.5 Å². The topological polar surface area (TPSA) is 52.6 Å². The maximum atomic E-state index is 4.88. The zero-order valence-corrected chi connectivity index (χ0v) is 20.1. The molecule has 158 valence electrons. The molecule has 3 rings (SSSR count). The molecular weight excluding hydrogens is 473 g/mol. The standard InChI is InChI=1S/C23H33N5.HI/c1-4-24-22(26-15-12-21-11-7-8-14-25-21)27-18-23(2,3)28-16-13-19-9-5-6-10-20(19)17-28;/h5-11,14H,4,12-13,15-18H2,1-3H3,(H2,24,26,27);1H. The van der Waals surface area contributed by atoms with Crippen LogP contribution in [-0.4, -0.2) is 47.6 Å². The van der Waals surface area contributed by atoms with Gasteiger partial charge in [-0.2, -0.15) is 0 Å². The lowest BCUT2D eigenvalue weighted by atomic mass is 9.94. The van der Waals surface area contributed by atoms with E-state index < -0.39 is 0 Å². The summed E-state index contributed by atoms with van der Waals surface area (Å²) < 4.78 is 0. The molecule has 0 amide bonds. The fourth-order valence-corrected chi connectivity index (χ4v) is 3.58. The van der Waals surface area contributed by atoms with Gasteiger partial charge in [0.05, 0.1) is 6.54 Å². The number of nitrogens with zero attached hydrogens (tertiary/aromatic N) is 3. The van der Waals surface area contributed by atoms with Crippen LogP contribution in [0.5, 0.6) is 0 Å². The van der Waals surface area contributed by atoms with E-state index in [4.69, 9.17) is 4.99 Å². The van der Waals surface area contributed by atoms with Crippen molar-refractivity contribution >= 4 is 29.9 Å². The molecular formula is C23H34IN5. The van der Waals surface area contributed by atoms with Crippen LogP contribution >= 0.6 is 24.0 Å². The van der Waals surface area contributed by atoms with Gasteiger partial charge < -0.3 is 10.6 Å². The predicted molar refractivity (Wildman–Crippen MR) is 132 cm³/mol. The molecule has 0 unspecified atom stereocenters. The van der Waals surface area contributed by atoms with Crippen LogP contribution in [0.1, 0.15) is 37.6 Å². The molecule has 0 radical (unpaired) electrons. The van der Waals surface area contributed by atoms with Crippen molar-refractivity contribution in [2.24, 2.45) is 4.99 Å². The van der Waals surface area contributed by atoms with Crippen molar-refractivity contribution in [3.8, 4) is 0 Å². The Morgan fingerprint density at radius 1 is 1.10 bits per heavy atom. The van der Waals surface area contributed by atoms with Crippen LogP contribution in [0.25, 0.3) is 0 Å². The van der Waals surface area contributed by atoms with Crippen LogP contribution < -0.4 is 10.6 Å². The van der Waals surface area contributed by atoms with Gasteiger partial charge in [0.25, 0.3) is 0 Å². The molecule has 1 aromatic carbocycles. The largest absolute Gasteiger partial charge is 0.357 e. The first-order chi connectivity index (χ1) is 13.6. The number of guanidine groups is 1. The molecule has 2 N–H and O–H groups in total. The number of hydrogen-bond donors (Lipinski definition) is 2. The fourth-order valence-electron chi connectivity index (χ4n) is 3.58. The SMILES string of the molecule is CCNC(=NCC(C)(C)N1CCc2ccccc2C1)NCCc1ccccn1.I. The number of rotatable bonds is 7. The lowest BCUT2D eigenvalue weighted by Crippen LogP contribution is -2.49. The molecule has 1 aromatic heterocycles. The van der Waals surface area contributed by atoms with Gasteiger partial charge in [0.1, 0.15) is 0 Å². The normalized spacial score (nSPS) is 14.7. The number of aliphatic imine (C=N–C) groups is 1. The second kappa shape index (κ2) is 11.5. The lowest BCUT2D eigenvalue weighted by molar-refractivity contribution is 0.111. The highest BCUT2D eigenvalue weighted by Crippen LogP contribution is 2.25. The highest BCUT2D eigenvalue weighted by molar-refractivity contribution is 14.0. The summed E-state index contributed by atoms with van der Waals surface area (Å²) in [6.45, 7) is 11.2. The van der Waals surface area contributed by atoms with Crippen molar-refractivity contribution in [2.45, 2.75) is 45.7 Å². The second-order valence-corrected chi connectivity index (χ2v) is 7.95. The summed E-state index contributed by atoms with van der Waals surface area (Å²) in [5.74, 6) is 0.879. The molecule has 2 heterocycles. The molecule has 0 atom stereocenters. The molecule has 0 saturated carbocycles. The first-order valence-electron chi connectivity index (χ1n) is 10.3. The Morgan fingerprint density at radius 3 is 2.59 bits per heavy atom. The molecule has 29 heavy (non-hydrogen) atoms. The lowest BCUT2D eigenvalue weighted by Gasteiger charge is -2.40. The Balaban J connectivity index is 0.00000300. The number of aromatic nitrogens is 1. The van der Waals surface area contributed by atoms with Crippen molar-refractivity contribution < 1.29 is 0 Å². The zero-order valence-electron chi connectivity index (χ0n) is 17.8. The summed E-state index contributed by atoms with van der Waals surface area (Å²) in [5.41, 5.74) is 4.04. The quantitative estimate of drug-likeness (QED) is 0.342. The maximum Gasteiger partial charge on any atom is 0.191 e. The molecule has 1 aliphatic heterocycles. The van der Waals surface area contributed by atoms with Crippen LogP contribution in [-0.2, 0) is 19.4 Å². The zero-order chi connectivity index (χ0) is 19.8. The Morgan fingerprint density at radius 2 is 1.86 bits per heavy atom. The Labute approximate surface area is 192 Å². The van der Waals surface area contributed by atoms with Gasteiger partial charge in [0.15, 0.2) is 5.96 Å². The van der Waals surface area contributed by atoms with Gasteiger partial charge in [-0.15, -0.1) is 24.0 Å². The van der Waals surface area contributed by atoms with Crippen molar-refractivity contribution in [1.82, 2.24) is 20.5 Å². The number of benzene rings is 1. The van der Waals surface area contributed by atoms with Crippen LogP contribution in [0.4, 0.5) is 0 Å². The van der Waals surface area contributed by atoms with E-state index in [9.17, 15) is 0 Å². The van der Waals surface area contributed by atoms with Gasteiger partial charge in [-0.05, 0) is 50.5 Å². The Bertz CT molecular complexity index is 776. The maximum absolute atomic E-state index is 4.88. The molecule has 2 aromatic rings. The fraction of sp³-hybridized carbons (Fsp3) is 0.478. The van der Waals surface area contributed by atoms with Crippen LogP contribution in [0.2, 0.25) is 0 Å². The third kappa shape index (κ3) is 6.96. The van der Waals surface area contributed by atoms with Crippen LogP contribution in [0.15, 0.2) is 53.7 Å². The number of nitrogens with one attached hydrogen (secondary N) is 2. The molecule has 0 bridgehead atoms. The monoisotopic (exact) mass is 507 g/mol. The molecule has 1 aliphatic rings. The highest BCUT2D eigenvalue weighted by Gasteiger charge is 2.29. The van der Waals surface area contributed by atoms with E-state index in [0.29, 0.717) is 0 Å². The van der Waals surface area contributed by atoms with E-state index in [1.807, 2.05) is 18.3 Å².